The molecule has 0 saturated heterocycles. The first kappa shape index (κ1) is 8.91. The fraction of sp³-hybridized carbons (Fsp3) is 0. The highest BCUT2D eigenvalue weighted by Crippen LogP contribution is 2.20. The number of aromatic amines is 1. The van der Waals surface area contributed by atoms with Gasteiger partial charge in [0.2, 0.25) is 0 Å². The third-order valence-electron chi connectivity index (χ3n) is 2.53. The van der Waals surface area contributed by atoms with Gasteiger partial charge in [0.05, 0.1) is 11.2 Å². The zero-order valence-corrected chi connectivity index (χ0v) is 8.42. The molecule has 16 heavy (non-hydrogen) atoms. The number of aromatic nitrogens is 3. The summed E-state index contributed by atoms with van der Waals surface area (Å²) in [6.07, 6.45) is 4.51. The molecule has 4 heteroatoms. The molecule has 3 rings (SSSR count). The third kappa shape index (κ3) is 1.16. The lowest BCUT2D eigenvalue weighted by Crippen LogP contribution is -1.87. The molecule has 0 aliphatic carbocycles. The number of hydrogen-bond acceptors (Lipinski definition) is 2. The Bertz CT molecular complexity index is 637. The number of aldehydes is 1. The monoisotopic (exact) mass is 211 g/mol. The number of nitrogens with zero attached hydrogens (tertiary/aromatic N) is 2. The molecule has 0 saturated carbocycles. The highest BCUT2D eigenvalue weighted by Gasteiger charge is 2.11. The minimum Gasteiger partial charge on any atom is -0.359 e. The number of nitrogens with one attached hydrogen (secondary N) is 1. The highest BCUT2D eigenvalue weighted by atomic mass is 16.1. The van der Waals surface area contributed by atoms with E-state index in [4.69, 9.17) is 0 Å². The Morgan fingerprint density at radius 2 is 2.19 bits per heavy atom. The summed E-state index contributed by atoms with van der Waals surface area (Å²) in [4.78, 5) is 18.3. The van der Waals surface area contributed by atoms with E-state index in [2.05, 4.69) is 9.97 Å². The summed E-state index contributed by atoms with van der Waals surface area (Å²) in [7, 11) is 0. The van der Waals surface area contributed by atoms with Crippen LogP contribution in [-0.4, -0.2) is 20.7 Å². The van der Waals surface area contributed by atoms with E-state index in [1.54, 1.807) is 0 Å². The van der Waals surface area contributed by atoms with E-state index in [1.165, 1.54) is 0 Å². The molecule has 1 N–H and O–H groups in total. The van der Waals surface area contributed by atoms with Gasteiger partial charge in [0.15, 0.2) is 12.1 Å². The standard InChI is InChI=1S/C12H9N3O/c16-8-10-11-5-1-2-7-15(11)12(14-10)9-4-3-6-13-9/h1-8,13H. The number of imidazole rings is 1. The molecular weight excluding hydrogens is 202 g/mol. The average Bonchev–Trinajstić information content (AvgIpc) is 2.95. The van der Waals surface area contributed by atoms with Crippen LogP contribution in [0.4, 0.5) is 0 Å². The third-order valence-corrected chi connectivity index (χ3v) is 2.53. The van der Waals surface area contributed by atoms with Crippen LogP contribution < -0.4 is 0 Å². The second kappa shape index (κ2) is 3.34. The first-order valence-electron chi connectivity index (χ1n) is 4.96. The van der Waals surface area contributed by atoms with Crippen LogP contribution >= 0.6 is 0 Å². The summed E-state index contributed by atoms with van der Waals surface area (Å²) in [5, 5.41) is 0. The van der Waals surface area contributed by atoms with Crippen molar-refractivity contribution in [3.8, 4) is 11.5 Å². The minimum atomic E-state index is 0.463. The normalized spacial score (nSPS) is 10.8. The zero-order valence-electron chi connectivity index (χ0n) is 8.42. The molecule has 3 aromatic rings. The van der Waals surface area contributed by atoms with Gasteiger partial charge < -0.3 is 4.98 Å². The molecule has 3 heterocycles. The summed E-state index contributed by atoms with van der Waals surface area (Å²) in [6.45, 7) is 0. The van der Waals surface area contributed by atoms with Crippen LogP contribution in [0.1, 0.15) is 10.5 Å². The van der Waals surface area contributed by atoms with Crippen LogP contribution in [0.15, 0.2) is 42.7 Å². The van der Waals surface area contributed by atoms with Gasteiger partial charge in [-0.1, -0.05) is 6.07 Å². The summed E-state index contributed by atoms with van der Waals surface area (Å²) in [5.41, 5.74) is 2.18. The number of pyridine rings is 1. The van der Waals surface area contributed by atoms with Crippen LogP contribution in [0.2, 0.25) is 0 Å². The van der Waals surface area contributed by atoms with Crippen molar-refractivity contribution < 1.29 is 4.79 Å². The van der Waals surface area contributed by atoms with Crippen molar-refractivity contribution in [2.45, 2.75) is 0 Å². The second-order valence-corrected chi connectivity index (χ2v) is 3.48. The number of rotatable bonds is 2. The second-order valence-electron chi connectivity index (χ2n) is 3.48. The number of hydrogen-bond donors (Lipinski definition) is 1. The lowest BCUT2D eigenvalue weighted by Gasteiger charge is -1.97. The zero-order chi connectivity index (χ0) is 11.0. The van der Waals surface area contributed by atoms with E-state index < -0.39 is 0 Å². The van der Waals surface area contributed by atoms with E-state index >= 15 is 0 Å². The Balaban J connectivity index is 2.37. The maximum atomic E-state index is 10.9. The van der Waals surface area contributed by atoms with Gasteiger partial charge in [-0.2, -0.15) is 0 Å². The topological polar surface area (TPSA) is 50.2 Å². The lowest BCUT2D eigenvalue weighted by molar-refractivity contribution is 0.112. The number of fused-ring (bicyclic) bond motifs is 1. The van der Waals surface area contributed by atoms with Crippen molar-refractivity contribution in [2.24, 2.45) is 0 Å². The largest absolute Gasteiger partial charge is 0.359 e. The van der Waals surface area contributed by atoms with E-state index in [0.29, 0.717) is 5.69 Å². The first-order chi connectivity index (χ1) is 7.90. The van der Waals surface area contributed by atoms with E-state index in [-0.39, 0.29) is 0 Å². The van der Waals surface area contributed by atoms with Crippen LogP contribution in [0, 0.1) is 0 Å². The van der Waals surface area contributed by atoms with Gasteiger partial charge in [-0.3, -0.25) is 9.20 Å². The Hall–Kier alpha value is -2.36. The lowest BCUT2D eigenvalue weighted by atomic mass is 10.3. The molecular formula is C12H9N3O. The minimum absolute atomic E-state index is 0.463. The van der Waals surface area contributed by atoms with Crippen molar-refractivity contribution in [1.29, 1.82) is 0 Å². The number of H-pyrrole nitrogens is 1. The van der Waals surface area contributed by atoms with Crippen molar-refractivity contribution >= 4 is 11.8 Å². The van der Waals surface area contributed by atoms with E-state index in [1.807, 2.05) is 47.1 Å². The number of carbonyl (C=O) groups excluding carboxylic acids is 1. The SMILES string of the molecule is O=Cc1nc(-c2ccc[nH]2)n2ccccc12. The summed E-state index contributed by atoms with van der Waals surface area (Å²) >= 11 is 0. The fourth-order valence-electron chi connectivity index (χ4n) is 1.81. The molecule has 78 valence electrons. The summed E-state index contributed by atoms with van der Waals surface area (Å²) < 4.78 is 1.90. The van der Waals surface area contributed by atoms with Gasteiger partial charge in [-0.15, -0.1) is 0 Å². The molecule has 0 aromatic carbocycles. The molecule has 0 bridgehead atoms. The quantitative estimate of drug-likeness (QED) is 0.660. The van der Waals surface area contributed by atoms with Gasteiger partial charge in [-0.05, 0) is 24.3 Å². The molecule has 0 fully saturated rings. The predicted octanol–water partition coefficient (Wildman–Crippen LogP) is 2.14. The molecule has 3 aromatic heterocycles. The Kier molecular flexibility index (Phi) is 1.86. The molecule has 0 unspecified atom stereocenters. The molecule has 0 spiro atoms. The number of carbonyl (C=O) groups is 1. The molecule has 0 radical (unpaired) electrons. The highest BCUT2D eigenvalue weighted by molar-refractivity contribution is 5.85. The van der Waals surface area contributed by atoms with Gasteiger partial charge in [-0.25, -0.2) is 4.98 Å². The van der Waals surface area contributed by atoms with Crippen LogP contribution in [0.5, 0.6) is 0 Å². The van der Waals surface area contributed by atoms with Crippen LogP contribution in [0.3, 0.4) is 0 Å². The Morgan fingerprint density at radius 1 is 1.25 bits per heavy atom. The maximum absolute atomic E-state index is 10.9. The molecule has 0 atom stereocenters. The van der Waals surface area contributed by atoms with Gasteiger partial charge in [0.1, 0.15) is 5.69 Å². The molecule has 0 amide bonds. The van der Waals surface area contributed by atoms with Crippen molar-refractivity contribution in [2.75, 3.05) is 0 Å². The molecule has 0 aliphatic rings. The van der Waals surface area contributed by atoms with Gasteiger partial charge in [0.25, 0.3) is 0 Å². The summed E-state index contributed by atoms with van der Waals surface area (Å²) in [6, 6.07) is 9.51. The smallest absolute Gasteiger partial charge is 0.170 e. The summed E-state index contributed by atoms with van der Waals surface area (Å²) in [5.74, 6) is 0.753. The van der Waals surface area contributed by atoms with Crippen molar-refractivity contribution in [3.05, 3.63) is 48.4 Å². The van der Waals surface area contributed by atoms with Gasteiger partial charge >= 0.3 is 0 Å². The fourth-order valence-corrected chi connectivity index (χ4v) is 1.81. The molecule has 4 nitrogen and oxygen atoms in total. The average molecular weight is 211 g/mol. The van der Waals surface area contributed by atoms with Crippen LogP contribution in [-0.2, 0) is 0 Å². The first-order valence-corrected chi connectivity index (χ1v) is 4.96. The van der Waals surface area contributed by atoms with Crippen molar-refractivity contribution in [1.82, 2.24) is 14.4 Å². The molecule has 0 aliphatic heterocycles. The van der Waals surface area contributed by atoms with Crippen molar-refractivity contribution in [3.63, 3.8) is 0 Å². The van der Waals surface area contributed by atoms with E-state index in [9.17, 15) is 4.79 Å². The predicted molar refractivity (Wildman–Crippen MR) is 60.4 cm³/mol. The van der Waals surface area contributed by atoms with E-state index in [0.717, 1.165) is 23.3 Å². The van der Waals surface area contributed by atoms with Crippen LogP contribution in [0.25, 0.3) is 17.0 Å². The maximum Gasteiger partial charge on any atom is 0.170 e. The van der Waals surface area contributed by atoms with Gasteiger partial charge in [0, 0.05) is 12.4 Å². The Morgan fingerprint density at radius 3 is 2.94 bits per heavy atom. The Labute approximate surface area is 91.6 Å².